The van der Waals surface area contributed by atoms with Crippen molar-refractivity contribution in [3.05, 3.63) is 46.8 Å². The lowest BCUT2D eigenvalue weighted by molar-refractivity contribution is 0.222. The van der Waals surface area contributed by atoms with Crippen molar-refractivity contribution in [1.29, 1.82) is 0 Å². The zero-order valence-corrected chi connectivity index (χ0v) is 14.1. The molecule has 2 N–H and O–H groups in total. The Kier molecular flexibility index (Phi) is 6.27. The van der Waals surface area contributed by atoms with Crippen LogP contribution in [0.4, 0.5) is 0 Å². The molecule has 1 atom stereocenters. The van der Waals surface area contributed by atoms with E-state index in [9.17, 15) is 0 Å². The average Bonchev–Trinajstić information content (AvgIpc) is 3.03. The van der Waals surface area contributed by atoms with Crippen LogP contribution in [0.1, 0.15) is 12.6 Å². The number of guanidine groups is 1. The number of aliphatic imine (C=N–C) groups is 1. The Morgan fingerprint density at radius 3 is 2.86 bits per heavy atom. The highest BCUT2D eigenvalue weighted by molar-refractivity contribution is 9.10. The lowest BCUT2D eigenvalue weighted by Crippen LogP contribution is -2.41. The number of nitrogens with zero attached hydrogens (tertiary/aromatic N) is 2. The molecule has 1 unspecified atom stereocenters. The van der Waals surface area contributed by atoms with Gasteiger partial charge in [-0.25, -0.2) is 0 Å². The third kappa shape index (κ3) is 5.07. The SMILES string of the molecule is CN=C(NCc1ccon1)NCC(C)Oc1ccccc1Br. The second-order valence-electron chi connectivity index (χ2n) is 4.66. The number of benzene rings is 1. The van der Waals surface area contributed by atoms with Gasteiger partial charge in [0, 0.05) is 13.1 Å². The van der Waals surface area contributed by atoms with E-state index in [1.807, 2.05) is 31.2 Å². The standard InChI is InChI=1S/C15H19BrN4O2/c1-11(22-14-6-4-3-5-13(14)16)9-18-15(17-2)19-10-12-7-8-21-20-12/h3-8,11H,9-10H2,1-2H3,(H2,17,18,19). The third-order valence-corrected chi connectivity index (χ3v) is 3.53. The molecular formula is C15H19BrN4O2. The van der Waals surface area contributed by atoms with E-state index < -0.39 is 0 Å². The maximum Gasteiger partial charge on any atom is 0.191 e. The molecule has 0 spiro atoms. The maximum atomic E-state index is 5.87. The first-order valence-electron chi connectivity index (χ1n) is 6.94. The highest BCUT2D eigenvalue weighted by atomic mass is 79.9. The highest BCUT2D eigenvalue weighted by Gasteiger charge is 2.08. The summed E-state index contributed by atoms with van der Waals surface area (Å²) < 4.78 is 11.6. The van der Waals surface area contributed by atoms with E-state index in [1.54, 1.807) is 19.4 Å². The zero-order valence-electron chi connectivity index (χ0n) is 12.5. The number of ether oxygens (including phenoxy) is 1. The van der Waals surface area contributed by atoms with Gasteiger partial charge in [0.2, 0.25) is 0 Å². The van der Waals surface area contributed by atoms with Crippen molar-refractivity contribution in [2.45, 2.75) is 19.6 Å². The molecule has 0 aliphatic rings. The van der Waals surface area contributed by atoms with Gasteiger partial charge in [-0.2, -0.15) is 0 Å². The topological polar surface area (TPSA) is 71.7 Å². The molecule has 2 aromatic rings. The third-order valence-electron chi connectivity index (χ3n) is 2.87. The maximum absolute atomic E-state index is 5.87. The Bertz CT molecular complexity index is 601. The summed E-state index contributed by atoms with van der Waals surface area (Å²) in [4.78, 5) is 4.16. The fourth-order valence-corrected chi connectivity index (χ4v) is 2.14. The van der Waals surface area contributed by atoms with Gasteiger partial charge in [0.15, 0.2) is 5.96 Å². The molecule has 0 aliphatic heterocycles. The summed E-state index contributed by atoms with van der Waals surface area (Å²) in [5.74, 6) is 1.51. The van der Waals surface area contributed by atoms with Crippen LogP contribution in [0, 0.1) is 0 Å². The molecule has 7 heteroatoms. The molecule has 118 valence electrons. The summed E-state index contributed by atoms with van der Waals surface area (Å²) in [6, 6.07) is 9.58. The number of para-hydroxylation sites is 1. The van der Waals surface area contributed by atoms with Crippen LogP contribution in [-0.4, -0.2) is 30.8 Å². The molecule has 0 amide bonds. The van der Waals surface area contributed by atoms with E-state index in [2.05, 4.69) is 36.7 Å². The second kappa shape index (κ2) is 8.43. The van der Waals surface area contributed by atoms with Crippen molar-refractivity contribution < 1.29 is 9.26 Å². The van der Waals surface area contributed by atoms with Crippen molar-refractivity contribution in [2.24, 2.45) is 4.99 Å². The van der Waals surface area contributed by atoms with E-state index in [4.69, 9.17) is 9.26 Å². The van der Waals surface area contributed by atoms with Crippen molar-refractivity contribution in [1.82, 2.24) is 15.8 Å². The van der Waals surface area contributed by atoms with Gasteiger partial charge in [-0.1, -0.05) is 17.3 Å². The summed E-state index contributed by atoms with van der Waals surface area (Å²) >= 11 is 3.47. The van der Waals surface area contributed by atoms with E-state index in [0.717, 1.165) is 15.9 Å². The van der Waals surface area contributed by atoms with Gasteiger partial charge in [0.25, 0.3) is 0 Å². The fourth-order valence-electron chi connectivity index (χ4n) is 1.76. The Hall–Kier alpha value is -2.02. The zero-order chi connectivity index (χ0) is 15.8. The van der Waals surface area contributed by atoms with Gasteiger partial charge in [-0.3, -0.25) is 4.99 Å². The van der Waals surface area contributed by atoms with Crippen LogP contribution in [0.15, 0.2) is 50.6 Å². The lowest BCUT2D eigenvalue weighted by atomic mass is 10.3. The highest BCUT2D eigenvalue weighted by Crippen LogP contribution is 2.24. The molecule has 1 heterocycles. The smallest absolute Gasteiger partial charge is 0.191 e. The molecule has 0 fully saturated rings. The lowest BCUT2D eigenvalue weighted by Gasteiger charge is -2.18. The van der Waals surface area contributed by atoms with Crippen LogP contribution >= 0.6 is 15.9 Å². The van der Waals surface area contributed by atoms with Gasteiger partial charge in [-0.05, 0) is 35.0 Å². The Morgan fingerprint density at radius 1 is 1.36 bits per heavy atom. The summed E-state index contributed by atoms with van der Waals surface area (Å²) in [5.41, 5.74) is 0.820. The number of nitrogens with one attached hydrogen (secondary N) is 2. The van der Waals surface area contributed by atoms with Crippen molar-refractivity contribution in [2.75, 3.05) is 13.6 Å². The van der Waals surface area contributed by atoms with E-state index in [1.165, 1.54) is 0 Å². The summed E-state index contributed by atoms with van der Waals surface area (Å²) in [5, 5.41) is 10.2. The predicted octanol–water partition coefficient (Wildman–Crippen LogP) is 2.57. The minimum Gasteiger partial charge on any atom is -0.488 e. The molecule has 0 bridgehead atoms. The number of hydrogen-bond donors (Lipinski definition) is 2. The minimum absolute atomic E-state index is 0.00991. The minimum atomic E-state index is -0.00991. The largest absolute Gasteiger partial charge is 0.488 e. The van der Waals surface area contributed by atoms with Gasteiger partial charge < -0.3 is 19.9 Å². The molecule has 2 rings (SSSR count). The first-order chi connectivity index (χ1) is 10.7. The second-order valence-corrected chi connectivity index (χ2v) is 5.51. The predicted molar refractivity (Wildman–Crippen MR) is 88.9 cm³/mol. The van der Waals surface area contributed by atoms with Crippen LogP contribution < -0.4 is 15.4 Å². The van der Waals surface area contributed by atoms with Crippen molar-refractivity contribution in [3.63, 3.8) is 0 Å². The number of aromatic nitrogens is 1. The van der Waals surface area contributed by atoms with Gasteiger partial charge in [0.05, 0.1) is 17.6 Å². The number of halogens is 1. The normalized spacial score (nSPS) is 12.8. The molecule has 0 saturated heterocycles. The molecule has 1 aromatic heterocycles. The summed E-state index contributed by atoms with van der Waals surface area (Å²) in [6.07, 6.45) is 1.53. The molecule has 0 aliphatic carbocycles. The Labute approximate surface area is 138 Å². The number of hydrogen-bond acceptors (Lipinski definition) is 4. The van der Waals surface area contributed by atoms with Gasteiger partial charge >= 0.3 is 0 Å². The molecule has 6 nitrogen and oxygen atoms in total. The quantitative estimate of drug-likeness (QED) is 0.607. The van der Waals surface area contributed by atoms with Crippen molar-refractivity contribution in [3.8, 4) is 5.75 Å². The van der Waals surface area contributed by atoms with E-state index in [0.29, 0.717) is 19.0 Å². The monoisotopic (exact) mass is 366 g/mol. The first kappa shape index (κ1) is 16.4. The Morgan fingerprint density at radius 2 is 2.18 bits per heavy atom. The molecular weight excluding hydrogens is 348 g/mol. The number of rotatable bonds is 6. The van der Waals surface area contributed by atoms with Crippen LogP contribution in [-0.2, 0) is 6.54 Å². The van der Waals surface area contributed by atoms with Crippen LogP contribution in [0.3, 0.4) is 0 Å². The van der Waals surface area contributed by atoms with Gasteiger partial charge in [0.1, 0.15) is 23.8 Å². The van der Waals surface area contributed by atoms with Crippen LogP contribution in [0.2, 0.25) is 0 Å². The molecule has 0 saturated carbocycles. The summed E-state index contributed by atoms with van der Waals surface area (Å²) in [6.45, 7) is 3.17. The first-order valence-corrected chi connectivity index (χ1v) is 7.73. The average molecular weight is 367 g/mol. The van der Waals surface area contributed by atoms with Crippen LogP contribution in [0.5, 0.6) is 5.75 Å². The van der Waals surface area contributed by atoms with E-state index in [-0.39, 0.29) is 6.10 Å². The van der Waals surface area contributed by atoms with E-state index >= 15 is 0 Å². The Balaban J connectivity index is 1.76. The molecule has 0 radical (unpaired) electrons. The van der Waals surface area contributed by atoms with Gasteiger partial charge in [-0.15, -0.1) is 0 Å². The fraction of sp³-hybridized carbons (Fsp3) is 0.333. The van der Waals surface area contributed by atoms with Crippen molar-refractivity contribution >= 4 is 21.9 Å². The molecule has 22 heavy (non-hydrogen) atoms. The molecule has 1 aromatic carbocycles. The van der Waals surface area contributed by atoms with Crippen LogP contribution in [0.25, 0.3) is 0 Å². The summed E-state index contributed by atoms with van der Waals surface area (Å²) in [7, 11) is 1.72.